The molecule has 0 radical (unpaired) electrons. The third-order valence-corrected chi connectivity index (χ3v) is 7.41. The molecule has 1 aromatic heterocycles. The number of benzene rings is 3. The predicted molar refractivity (Wildman–Crippen MR) is 138 cm³/mol. The van der Waals surface area contributed by atoms with Crippen molar-refractivity contribution >= 4 is 38.7 Å². The number of imidazole rings is 1. The standard InChI is InChI=1S/C26H27N5O4S/c1-18-9-7-8-12-24(18)36(34,35)29-26(33)28-22(15-19-10-5-4-6-11-19)25(32)31(3)20-13-14-21-23(16-20)30(2)17-27-21/h4-14,16-17,22H,15H2,1-3H3,(H2,28,29,33). The molecule has 2 N–H and O–H groups in total. The molecule has 0 aliphatic heterocycles. The highest BCUT2D eigenvalue weighted by atomic mass is 32.2. The van der Waals surface area contributed by atoms with Crippen LogP contribution in [-0.4, -0.2) is 43.0 Å². The number of hydrogen-bond donors (Lipinski definition) is 2. The largest absolute Gasteiger partial charge is 0.334 e. The van der Waals surface area contributed by atoms with Gasteiger partial charge in [0.2, 0.25) is 5.91 Å². The van der Waals surface area contributed by atoms with E-state index in [1.165, 1.54) is 11.0 Å². The molecular formula is C26H27N5O4S. The monoisotopic (exact) mass is 505 g/mol. The lowest BCUT2D eigenvalue weighted by molar-refractivity contribution is -0.120. The van der Waals surface area contributed by atoms with Crippen molar-refractivity contribution in [2.45, 2.75) is 24.3 Å². The van der Waals surface area contributed by atoms with Crippen molar-refractivity contribution in [2.75, 3.05) is 11.9 Å². The maximum Gasteiger partial charge on any atom is 0.329 e. The third-order valence-electron chi connectivity index (χ3n) is 5.92. The number of hydrogen-bond acceptors (Lipinski definition) is 5. The minimum atomic E-state index is -4.13. The Labute approximate surface area is 209 Å². The molecule has 0 aliphatic carbocycles. The Hall–Kier alpha value is -4.18. The second kappa shape index (κ2) is 10.2. The van der Waals surface area contributed by atoms with E-state index in [9.17, 15) is 18.0 Å². The fourth-order valence-electron chi connectivity index (χ4n) is 3.96. The Kier molecular flexibility index (Phi) is 7.07. The number of sulfonamides is 1. The highest BCUT2D eigenvalue weighted by molar-refractivity contribution is 7.90. The number of nitrogens with zero attached hydrogens (tertiary/aromatic N) is 3. The lowest BCUT2D eigenvalue weighted by atomic mass is 10.0. The molecule has 9 nitrogen and oxygen atoms in total. The average Bonchev–Trinajstić information content (AvgIpc) is 3.23. The second-order valence-electron chi connectivity index (χ2n) is 8.51. The Morgan fingerprint density at radius 2 is 1.72 bits per heavy atom. The molecule has 0 bridgehead atoms. The lowest BCUT2D eigenvalue weighted by Crippen LogP contribution is -2.52. The summed E-state index contributed by atoms with van der Waals surface area (Å²) < 4.78 is 29.4. The number of aromatic nitrogens is 2. The van der Waals surface area contributed by atoms with Crippen LogP contribution < -0.4 is 14.9 Å². The van der Waals surface area contributed by atoms with Crippen molar-refractivity contribution in [1.82, 2.24) is 19.6 Å². The van der Waals surface area contributed by atoms with Crippen molar-refractivity contribution in [3.8, 4) is 0 Å². The first-order valence-electron chi connectivity index (χ1n) is 11.3. The molecule has 0 fully saturated rings. The van der Waals surface area contributed by atoms with E-state index in [2.05, 4.69) is 10.3 Å². The van der Waals surface area contributed by atoms with Crippen LogP contribution in [0.3, 0.4) is 0 Å². The van der Waals surface area contributed by atoms with E-state index in [4.69, 9.17) is 0 Å². The van der Waals surface area contributed by atoms with Gasteiger partial charge in [0, 0.05) is 26.2 Å². The van der Waals surface area contributed by atoms with Crippen LogP contribution in [0.15, 0.2) is 84.0 Å². The van der Waals surface area contributed by atoms with Gasteiger partial charge in [-0.05, 0) is 42.3 Å². The molecule has 4 rings (SSSR count). The Morgan fingerprint density at radius 3 is 2.44 bits per heavy atom. The van der Waals surface area contributed by atoms with E-state index >= 15 is 0 Å². The lowest BCUT2D eigenvalue weighted by Gasteiger charge is -2.25. The number of carbonyl (C=O) groups is 2. The van der Waals surface area contributed by atoms with Crippen LogP contribution in [-0.2, 0) is 28.3 Å². The summed E-state index contributed by atoms with van der Waals surface area (Å²) in [5.41, 5.74) is 3.57. The molecule has 3 amide bonds. The Bertz CT molecular complexity index is 1520. The van der Waals surface area contributed by atoms with Gasteiger partial charge >= 0.3 is 6.03 Å². The van der Waals surface area contributed by atoms with Crippen molar-refractivity contribution in [2.24, 2.45) is 7.05 Å². The minimum Gasteiger partial charge on any atom is -0.334 e. The summed E-state index contributed by atoms with van der Waals surface area (Å²) in [7, 11) is -0.652. The zero-order valence-corrected chi connectivity index (χ0v) is 21.0. The zero-order valence-electron chi connectivity index (χ0n) is 20.2. The molecule has 10 heteroatoms. The van der Waals surface area contributed by atoms with E-state index in [-0.39, 0.29) is 11.3 Å². The molecule has 1 unspecified atom stereocenters. The quantitative estimate of drug-likeness (QED) is 0.401. The molecule has 36 heavy (non-hydrogen) atoms. The topological polar surface area (TPSA) is 113 Å². The summed E-state index contributed by atoms with van der Waals surface area (Å²) >= 11 is 0. The Morgan fingerprint density at radius 1 is 1.03 bits per heavy atom. The number of rotatable bonds is 7. The Balaban J connectivity index is 1.58. The normalized spacial score (nSPS) is 12.2. The van der Waals surface area contributed by atoms with E-state index in [1.807, 2.05) is 58.8 Å². The summed E-state index contributed by atoms with van der Waals surface area (Å²) in [5.74, 6) is -0.399. The van der Waals surface area contributed by atoms with Gasteiger partial charge in [-0.3, -0.25) is 4.79 Å². The van der Waals surface area contributed by atoms with Gasteiger partial charge in [-0.25, -0.2) is 22.9 Å². The summed E-state index contributed by atoms with van der Waals surface area (Å²) in [4.78, 5) is 32.1. The van der Waals surface area contributed by atoms with E-state index < -0.39 is 28.0 Å². The van der Waals surface area contributed by atoms with Crippen LogP contribution >= 0.6 is 0 Å². The molecule has 0 aliphatic rings. The van der Waals surface area contributed by atoms with Crippen LogP contribution in [0.4, 0.5) is 10.5 Å². The van der Waals surface area contributed by atoms with Gasteiger partial charge in [-0.2, -0.15) is 0 Å². The molecule has 0 saturated carbocycles. The smallest absolute Gasteiger partial charge is 0.329 e. The van der Waals surface area contributed by atoms with Crippen molar-refractivity contribution < 1.29 is 18.0 Å². The molecule has 0 saturated heterocycles. The van der Waals surface area contributed by atoms with Crippen molar-refractivity contribution in [3.63, 3.8) is 0 Å². The van der Waals surface area contributed by atoms with Crippen LogP contribution in [0, 0.1) is 6.92 Å². The number of carbonyl (C=O) groups excluding carboxylic acids is 2. The fourth-order valence-corrected chi connectivity index (χ4v) is 5.12. The maximum absolute atomic E-state index is 13.5. The molecule has 3 aromatic carbocycles. The molecule has 1 heterocycles. The predicted octanol–water partition coefficient (Wildman–Crippen LogP) is 3.14. The van der Waals surface area contributed by atoms with Crippen LogP contribution in [0.25, 0.3) is 11.0 Å². The summed E-state index contributed by atoms with van der Waals surface area (Å²) in [6.07, 6.45) is 1.87. The number of likely N-dealkylation sites (N-methyl/N-ethyl adjacent to an activating group) is 1. The summed E-state index contributed by atoms with van der Waals surface area (Å²) in [6, 6.07) is 19.0. The second-order valence-corrected chi connectivity index (χ2v) is 10.2. The van der Waals surface area contributed by atoms with Gasteiger partial charge < -0.3 is 14.8 Å². The minimum absolute atomic E-state index is 0.00677. The molecule has 0 spiro atoms. The number of fused-ring (bicyclic) bond motifs is 1. The maximum atomic E-state index is 13.5. The van der Waals surface area contributed by atoms with E-state index in [1.54, 1.807) is 44.6 Å². The van der Waals surface area contributed by atoms with Crippen LogP contribution in [0.5, 0.6) is 0 Å². The molecule has 4 aromatic rings. The van der Waals surface area contributed by atoms with Gasteiger partial charge in [0.05, 0.1) is 22.3 Å². The highest BCUT2D eigenvalue weighted by Gasteiger charge is 2.28. The third kappa shape index (κ3) is 5.38. The summed E-state index contributed by atoms with van der Waals surface area (Å²) in [6.45, 7) is 1.64. The first-order valence-corrected chi connectivity index (χ1v) is 12.8. The van der Waals surface area contributed by atoms with Crippen LogP contribution in [0.1, 0.15) is 11.1 Å². The van der Waals surface area contributed by atoms with Gasteiger partial charge in [0.25, 0.3) is 10.0 Å². The van der Waals surface area contributed by atoms with Gasteiger partial charge in [-0.15, -0.1) is 0 Å². The number of amides is 3. The SMILES string of the molecule is Cc1ccccc1S(=O)(=O)NC(=O)NC(Cc1ccccc1)C(=O)N(C)c1ccc2ncn(C)c2c1. The molecule has 1 atom stereocenters. The number of nitrogens with one attached hydrogen (secondary N) is 2. The first kappa shape index (κ1) is 24.9. The molecule has 186 valence electrons. The van der Waals surface area contributed by atoms with E-state index in [0.29, 0.717) is 11.3 Å². The van der Waals surface area contributed by atoms with Gasteiger partial charge in [0.1, 0.15) is 6.04 Å². The average molecular weight is 506 g/mol. The zero-order chi connectivity index (χ0) is 25.9. The van der Waals surface area contributed by atoms with Gasteiger partial charge in [-0.1, -0.05) is 48.5 Å². The summed E-state index contributed by atoms with van der Waals surface area (Å²) in [5, 5.41) is 2.57. The van der Waals surface area contributed by atoms with Gasteiger partial charge in [0.15, 0.2) is 0 Å². The van der Waals surface area contributed by atoms with E-state index in [0.717, 1.165) is 16.6 Å². The number of anilines is 1. The fraction of sp³-hybridized carbons (Fsp3) is 0.192. The number of urea groups is 1. The van der Waals surface area contributed by atoms with Crippen LogP contribution in [0.2, 0.25) is 0 Å². The first-order chi connectivity index (χ1) is 17.2. The molecular weight excluding hydrogens is 478 g/mol. The van der Waals surface area contributed by atoms with Crippen molar-refractivity contribution in [3.05, 3.63) is 90.3 Å². The number of aryl methyl sites for hydroxylation is 2. The van der Waals surface area contributed by atoms with Crippen molar-refractivity contribution in [1.29, 1.82) is 0 Å². The highest BCUT2D eigenvalue weighted by Crippen LogP contribution is 2.21.